The summed E-state index contributed by atoms with van der Waals surface area (Å²) in [6, 6.07) is 4.67. The third-order valence-electron chi connectivity index (χ3n) is 5.11. The van der Waals surface area contributed by atoms with Crippen LogP contribution in [-0.2, 0) is 19.4 Å². The smallest absolute Gasteiger partial charge is 0.338 e. The van der Waals surface area contributed by atoms with E-state index in [1.54, 1.807) is 0 Å². The van der Waals surface area contributed by atoms with Crippen molar-refractivity contribution in [3.8, 4) is 5.75 Å². The Bertz CT molecular complexity index is 932. The Labute approximate surface area is 187 Å². The van der Waals surface area contributed by atoms with Gasteiger partial charge in [-0.1, -0.05) is 26.7 Å². The van der Waals surface area contributed by atoms with Crippen LogP contribution in [0, 0.1) is 0 Å². The zero-order valence-corrected chi connectivity index (χ0v) is 19.1. The zero-order chi connectivity index (χ0) is 23.9. The molecule has 1 aliphatic rings. The lowest BCUT2D eigenvalue weighted by Gasteiger charge is -2.27. The number of ether oxygens (including phenoxy) is 1. The summed E-state index contributed by atoms with van der Waals surface area (Å²) in [6.45, 7) is 3.52. The van der Waals surface area contributed by atoms with Gasteiger partial charge in [0, 0.05) is 6.54 Å². The van der Waals surface area contributed by atoms with Gasteiger partial charge in [0.2, 0.25) is 5.91 Å². The fraction of sp³-hybridized carbons (Fsp3) is 0.571. The third kappa shape index (κ3) is 6.19. The van der Waals surface area contributed by atoms with Crippen molar-refractivity contribution in [3.63, 3.8) is 0 Å². The number of carbonyl (C=O) groups is 3. The number of benzene rings is 1. The van der Waals surface area contributed by atoms with Gasteiger partial charge in [0.25, 0.3) is 0 Å². The maximum atomic E-state index is 12.8. The van der Waals surface area contributed by atoms with Crippen molar-refractivity contribution in [1.82, 2.24) is 9.80 Å². The highest BCUT2D eigenvalue weighted by atomic mass is 32.2. The van der Waals surface area contributed by atoms with Gasteiger partial charge in [0.15, 0.2) is 15.4 Å². The summed E-state index contributed by atoms with van der Waals surface area (Å²) < 4.78 is 31.1. The quantitative estimate of drug-likeness (QED) is 0.326. The van der Waals surface area contributed by atoms with Crippen LogP contribution >= 0.6 is 0 Å². The van der Waals surface area contributed by atoms with Crippen molar-refractivity contribution in [2.24, 2.45) is 0 Å². The summed E-state index contributed by atoms with van der Waals surface area (Å²) in [7, 11) is -4.26. The van der Waals surface area contributed by atoms with E-state index >= 15 is 0 Å². The number of hydrogen-bond acceptors (Lipinski definition) is 7. The monoisotopic (exact) mass is 470 g/mol. The average Bonchev–Trinajstić information content (AvgIpc) is 2.99. The predicted molar refractivity (Wildman–Crippen MR) is 115 cm³/mol. The molecule has 2 rings (SSSR count). The first-order chi connectivity index (χ1) is 15.0. The second-order valence-electron chi connectivity index (χ2n) is 7.81. The molecule has 2 N–H and O–H groups in total. The van der Waals surface area contributed by atoms with E-state index in [0.717, 1.165) is 19.3 Å². The molecule has 1 aromatic rings. The molecule has 0 aromatic heterocycles. The molecule has 1 fully saturated rings. The first kappa shape index (κ1) is 25.6. The molecule has 0 saturated carbocycles. The minimum Gasteiger partial charge on any atom is -0.494 e. The molecule has 1 aliphatic heterocycles. The van der Waals surface area contributed by atoms with E-state index in [9.17, 15) is 33.0 Å². The van der Waals surface area contributed by atoms with E-state index < -0.39 is 45.6 Å². The zero-order valence-electron chi connectivity index (χ0n) is 18.3. The van der Waals surface area contributed by atoms with Gasteiger partial charge in [0.1, 0.15) is 12.3 Å². The molecule has 178 valence electrons. The van der Waals surface area contributed by atoms with Crippen molar-refractivity contribution in [2.45, 2.75) is 50.0 Å². The number of aliphatic hydroxyl groups is 1. The Balaban J connectivity index is 2.16. The summed E-state index contributed by atoms with van der Waals surface area (Å²) in [6.07, 6.45) is 3.23. The number of imide groups is 1. The van der Waals surface area contributed by atoms with E-state index in [1.165, 1.54) is 29.2 Å². The highest BCUT2D eigenvalue weighted by molar-refractivity contribution is 7.91. The van der Waals surface area contributed by atoms with Gasteiger partial charge in [-0.3, -0.25) is 9.69 Å². The largest absolute Gasteiger partial charge is 0.494 e. The van der Waals surface area contributed by atoms with Crippen molar-refractivity contribution in [3.05, 3.63) is 24.3 Å². The number of urea groups is 1. The van der Waals surface area contributed by atoms with Crippen LogP contribution in [0.4, 0.5) is 4.79 Å². The van der Waals surface area contributed by atoms with Crippen LogP contribution in [0.3, 0.4) is 0 Å². The molecule has 0 aliphatic carbocycles. The number of nitrogens with zero attached hydrogens (tertiary/aromatic N) is 2. The molecule has 32 heavy (non-hydrogen) atoms. The Morgan fingerprint density at radius 2 is 1.75 bits per heavy atom. The summed E-state index contributed by atoms with van der Waals surface area (Å²) in [5.74, 6) is -3.26. The van der Waals surface area contributed by atoms with Crippen LogP contribution in [0.25, 0.3) is 0 Å². The molecule has 1 atom stereocenters. The van der Waals surface area contributed by atoms with Gasteiger partial charge in [-0.05, 0) is 37.1 Å². The van der Waals surface area contributed by atoms with E-state index in [4.69, 9.17) is 4.74 Å². The number of β-amino-alcohol motifs (C(OH)–C–C–N with tert-alkyl or cyclic N) is 1. The van der Waals surface area contributed by atoms with Gasteiger partial charge >= 0.3 is 12.0 Å². The Morgan fingerprint density at radius 3 is 2.31 bits per heavy atom. The Hall–Kier alpha value is -2.66. The topological polar surface area (TPSA) is 142 Å². The van der Waals surface area contributed by atoms with Crippen LogP contribution < -0.4 is 4.74 Å². The summed E-state index contributed by atoms with van der Waals surface area (Å²) in [4.78, 5) is 38.1. The Kier molecular flexibility index (Phi) is 8.62. The molecule has 1 heterocycles. The molecule has 1 saturated heterocycles. The van der Waals surface area contributed by atoms with Crippen LogP contribution in [0.1, 0.15) is 39.5 Å². The first-order valence-electron chi connectivity index (χ1n) is 10.5. The van der Waals surface area contributed by atoms with Gasteiger partial charge in [0.05, 0.1) is 23.8 Å². The highest BCUT2D eigenvalue weighted by Gasteiger charge is 2.48. The van der Waals surface area contributed by atoms with Crippen molar-refractivity contribution in [1.29, 1.82) is 0 Å². The molecule has 0 radical (unpaired) electrons. The van der Waals surface area contributed by atoms with E-state index in [2.05, 4.69) is 0 Å². The van der Waals surface area contributed by atoms with Gasteiger partial charge < -0.3 is 19.8 Å². The van der Waals surface area contributed by atoms with Gasteiger partial charge in [-0.15, -0.1) is 0 Å². The molecule has 11 heteroatoms. The van der Waals surface area contributed by atoms with Crippen molar-refractivity contribution in [2.75, 3.05) is 32.0 Å². The van der Waals surface area contributed by atoms with Crippen molar-refractivity contribution < 1.29 is 37.8 Å². The maximum Gasteiger partial charge on any atom is 0.338 e. The molecule has 1 unspecified atom stereocenters. The molecular formula is C21H30N2O8S. The first-order valence-corrected chi connectivity index (χ1v) is 12.2. The molecule has 10 nitrogen and oxygen atoms in total. The van der Waals surface area contributed by atoms with E-state index in [1.807, 2.05) is 13.8 Å². The number of carbonyl (C=O) groups excluding carboxylic acids is 2. The van der Waals surface area contributed by atoms with Crippen LogP contribution in [0.5, 0.6) is 5.75 Å². The van der Waals surface area contributed by atoms with Crippen LogP contribution in [0.2, 0.25) is 0 Å². The van der Waals surface area contributed by atoms with Gasteiger partial charge in [-0.2, -0.15) is 0 Å². The summed E-state index contributed by atoms with van der Waals surface area (Å²) in [5, 5.41) is 20.2. The third-order valence-corrected chi connectivity index (χ3v) is 6.95. The van der Waals surface area contributed by atoms with Crippen LogP contribution in [0.15, 0.2) is 29.2 Å². The van der Waals surface area contributed by atoms with E-state index in [0.29, 0.717) is 30.2 Å². The number of aliphatic carboxylic acids is 1. The second kappa shape index (κ2) is 10.8. The lowest BCUT2D eigenvalue weighted by atomic mass is 10.1. The standard InChI is InChI=1S/C21H30N2O8S/c1-3-5-11-22-13-18(24)23(20(22)27)14-21(28,19(25)26)15-32(29,30)17-9-7-16(8-10-17)31-12-6-4-2/h7-10,28H,3-6,11-15H2,1-2H3,(H,25,26). The van der Waals surface area contributed by atoms with Gasteiger partial charge in [-0.25, -0.2) is 18.0 Å². The summed E-state index contributed by atoms with van der Waals surface area (Å²) >= 11 is 0. The normalized spacial score (nSPS) is 16.3. The minimum atomic E-state index is -4.26. The number of amides is 3. The lowest BCUT2D eigenvalue weighted by Crippen LogP contribution is -2.55. The number of carboxylic acid groups (broad SMARTS) is 1. The summed E-state index contributed by atoms with van der Waals surface area (Å²) in [5.41, 5.74) is -2.86. The molecular weight excluding hydrogens is 440 g/mol. The van der Waals surface area contributed by atoms with Crippen LogP contribution in [-0.4, -0.2) is 83.9 Å². The minimum absolute atomic E-state index is 0.205. The highest BCUT2D eigenvalue weighted by Crippen LogP contribution is 2.23. The lowest BCUT2D eigenvalue weighted by molar-refractivity contribution is -0.157. The fourth-order valence-corrected chi connectivity index (χ4v) is 4.75. The molecule has 1 aromatic carbocycles. The number of unbranched alkanes of at least 4 members (excludes halogenated alkanes) is 2. The van der Waals surface area contributed by atoms with E-state index in [-0.39, 0.29) is 11.4 Å². The number of rotatable bonds is 13. The number of sulfone groups is 1. The Morgan fingerprint density at radius 1 is 1.12 bits per heavy atom. The average molecular weight is 471 g/mol. The maximum absolute atomic E-state index is 12.8. The fourth-order valence-electron chi connectivity index (χ4n) is 3.18. The van der Waals surface area contributed by atoms with Crippen molar-refractivity contribution >= 4 is 27.7 Å². The second-order valence-corrected chi connectivity index (χ2v) is 9.80. The molecule has 0 spiro atoms. The SMILES string of the molecule is CCCCOc1ccc(S(=O)(=O)CC(O)(CN2C(=O)CN(CCCC)C2=O)C(=O)O)cc1. The number of hydrogen-bond donors (Lipinski definition) is 2. The number of carboxylic acids is 1. The molecule has 0 bridgehead atoms. The predicted octanol–water partition coefficient (Wildman–Crippen LogP) is 1.52. The molecule has 3 amide bonds.